The molecule has 0 spiro atoms. The first kappa shape index (κ1) is 21.8. The van der Waals surface area contributed by atoms with Gasteiger partial charge in [-0.2, -0.15) is 13.2 Å². The Morgan fingerprint density at radius 3 is 2.57 bits per heavy atom. The van der Waals surface area contributed by atoms with E-state index in [2.05, 4.69) is 5.32 Å². The predicted molar refractivity (Wildman–Crippen MR) is 106 cm³/mol. The largest absolute Gasteiger partial charge is 0.416 e. The fraction of sp³-hybridized carbons (Fsp3) is 0.409. The summed E-state index contributed by atoms with van der Waals surface area (Å²) in [5, 5.41) is 2.53. The van der Waals surface area contributed by atoms with E-state index in [1.54, 1.807) is 4.90 Å². The summed E-state index contributed by atoms with van der Waals surface area (Å²) in [4.78, 5) is 29.8. The van der Waals surface area contributed by atoms with Crippen molar-refractivity contribution < 1.29 is 22.8 Å². The lowest BCUT2D eigenvalue weighted by Crippen LogP contribution is -2.44. The SMILES string of the molecule is CC(=O)NCC(=O)N1CCC[C@H](c2cccc(Cc3ccc(C(F)(F)F)cc3)n2)C1. The minimum absolute atomic E-state index is 0.0105. The van der Waals surface area contributed by atoms with Crippen molar-refractivity contribution >= 4 is 11.8 Å². The number of nitrogens with one attached hydrogen (secondary N) is 1. The number of carbonyl (C=O) groups excluding carboxylic acids is 2. The van der Waals surface area contributed by atoms with Crippen LogP contribution in [0.2, 0.25) is 0 Å². The molecule has 30 heavy (non-hydrogen) atoms. The number of halogens is 3. The molecule has 1 aromatic carbocycles. The van der Waals surface area contributed by atoms with E-state index in [1.807, 2.05) is 18.2 Å². The molecule has 160 valence electrons. The summed E-state index contributed by atoms with van der Waals surface area (Å²) in [6.07, 6.45) is -2.16. The van der Waals surface area contributed by atoms with Crippen LogP contribution in [0.3, 0.4) is 0 Å². The zero-order chi connectivity index (χ0) is 21.7. The highest BCUT2D eigenvalue weighted by Gasteiger charge is 2.30. The Morgan fingerprint density at radius 2 is 1.90 bits per heavy atom. The molecule has 1 aromatic heterocycles. The third-order valence-electron chi connectivity index (χ3n) is 5.18. The standard InChI is InChI=1S/C22H24F3N3O2/c1-15(29)26-13-21(30)28-11-3-4-17(14-28)20-6-2-5-19(27-20)12-16-7-9-18(10-8-16)22(23,24)25/h2,5-10,17H,3-4,11-14H2,1H3,(H,26,29)/t17-/m0/s1. The molecule has 1 saturated heterocycles. The highest BCUT2D eigenvalue weighted by Crippen LogP contribution is 2.30. The number of hydrogen-bond donors (Lipinski definition) is 1. The van der Waals surface area contributed by atoms with Crippen LogP contribution in [0.25, 0.3) is 0 Å². The first-order valence-corrected chi connectivity index (χ1v) is 9.86. The van der Waals surface area contributed by atoms with E-state index in [-0.39, 0.29) is 24.3 Å². The fourth-order valence-corrected chi connectivity index (χ4v) is 3.60. The summed E-state index contributed by atoms with van der Waals surface area (Å²) in [6.45, 7) is 2.55. The molecule has 8 heteroatoms. The van der Waals surface area contributed by atoms with Crippen LogP contribution in [-0.4, -0.2) is 41.3 Å². The van der Waals surface area contributed by atoms with Crippen molar-refractivity contribution in [2.24, 2.45) is 0 Å². The van der Waals surface area contributed by atoms with E-state index < -0.39 is 11.7 Å². The van der Waals surface area contributed by atoms with Gasteiger partial charge < -0.3 is 10.2 Å². The van der Waals surface area contributed by atoms with Gasteiger partial charge in [0.2, 0.25) is 11.8 Å². The topological polar surface area (TPSA) is 62.3 Å². The first-order valence-electron chi connectivity index (χ1n) is 9.86. The van der Waals surface area contributed by atoms with Crippen LogP contribution in [0.1, 0.15) is 48.2 Å². The second-order valence-corrected chi connectivity index (χ2v) is 7.51. The van der Waals surface area contributed by atoms with Gasteiger partial charge in [-0.05, 0) is 42.7 Å². The molecule has 2 heterocycles. The van der Waals surface area contributed by atoms with Crippen LogP contribution in [0, 0.1) is 0 Å². The smallest absolute Gasteiger partial charge is 0.347 e. The Hall–Kier alpha value is -2.90. The van der Waals surface area contributed by atoms with E-state index in [1.165, 1.54) is 19.1 Å². The summed E-state index contributed by atoms with van der Waals surface area (Å²) in [7, 11) is 0. The zero-order valence-electron chi connectivity index (χ0n) is 16.7. The molecule has 0 aliphatic carbocycles. The van der Waals surface area contributed by atoms with Gasteiger partial charge >= 0.3 is 6.18 Å². The van der Waals surface area contributed by atoms with Crippen molar-refractivity contribution in [1.29, 1.82) is 0 Å². The minimum atomic E-state index is -4.35. The Balaban J connectivity index is 1.66. The second-order valence-electron chi connectivity index (χ2n) is 7.51. The van der Waals surface area contributed by atoms with Gasteiger partial charge in [0.05, 0.1) is 12.1 Å². The van der Waals surface area contributed by atoms with Crippen molar-refractivity contribution in [3.05, 3.63) is 65.0 Å². The Morgan fingerprint density at radius 1 is 1.17 bits per heavy atom. The lowest BCUT2D eigenvalue weighted by atomic mass is 9.93. The van der Waals surface area contributed by atoms with Crippen LogP contribution < -0.4 is 5.32 Å². The van der Waals surface area contributed by atoms with Gasteiger partial charge in [0, 0.05) is 43.7 Å². The molecule has 1 aliphatic heterocycles. The zero-order valence-corrected chi connectivity index (χ0v) is 16.7. The quantitative estimate of drug-likeness (QED) is 0.807. The number of rotatable bonds is 5. The van der Waals surface area contributed by atoms with Crippen molar-refractivity contribution in [3.8, 4) is 0 Å². The highest BCUT2D eigenvalue weighted by atomic mass is 19.4. The number of aromatic nitrogens is 1. The molecule has 1 atom stereocenters. The third kappa shape index (κ3) is 5.81. The average molecular weight is 419 g/mol. The van der Waals surface area contributed by atoms with Gasteiger partial charge in [0.25, 0.3) is 0 Å². The number of likely N-dealkylation sites (tertiary alicyclic amines) is 1. The molecular weight excluding hydrogens is 395 g/mol. The Bertz CT molecular complexity index is 897. The maximum atomic E-state index is 12.7. The van der Waals surface area contributed by atoms with E-state index in [9.17, 15) is 22.8 Å². The first-order chi connectivity index (χ1) is 14.2. The van der Waals surface area contributed by atoms with Gasteiger partial charge in [-0.15, -0.1) is 0 Å². The number of carbonyl (C=O) groups is 2. The molecule has 1 fully saturated rings. The summed E-state index contributed by atoms with van der Waals surface area (Å²) in [5.41, 5.74) is 1.73. The number of benzene rings is 1. The molecule has 0 unspecified atom stereocenters. The van der Waals surface area contributed by atoms with Gasteiger partial charge in [0.15, 0.2) is 0 Å². The normalized spacial score (nSPS) is 16.9. The van der Waals surface area contributed by atoms with Crippen molar-refractivity contribution in [2.75, 3.05) is 19.6 Å². The van der Waals surface area contributed by atoms with Crippen LogP contribution >= 0.6 is 0 Å². The lowest BCUT2D eigenvalue weighted by molar-refractivity contribution is -0.137. The molecule has 0 radical (unpaired) electrons. The third-order valence-corrected chi connectivity index (χ3v) is 5.18. The van der Waals surface area contributed by atoms with Crippen molar-refractivity contribution in [3.63, 3.8) is 0 Å². The number of pyridine rings is 1. The number of alkyl halides is 3. The average Bonchev–Trinajstić information content (AvgIpc) is 2.72. The molecule has 1 N–H and O–H groups in total. The van der Waals surface area contributed by atoms with E-state index >= 15 is 0 Å². The molecule has 2 amide bonds. The van der Waals surface area contributed by atoms with Crippen molar-refractivity contribution in [2.45, 2.75) is 38.3 Å². The number of nitrogens with zero attached hydrogens (tertiary/aromatic N) is 2. The van der Waals surface area contributed by atoms with E-state index in [0.29, 0.717) is 19.5 Å². The van der Waals surface area contributed by atoms with Gasteiger partial charge in [-0.1, -0.05) is 18.2 Å². The van der Waals surface area contributed by atoms with Gasteiger partial charge in [-0.3, -0.25) is 14.6 Å². The van der Waals surface area contributed by atoms with Crippen LogP contribution in [0.15, 0.2) is 42.5 Å². The number of piperidine rings is 1. The fourth-order valence-electron chi connectivity index (χ4n) is 3.60. The van der Waals surface area contributed by atoms with E-state index in [0.717, 1.165) is 41.9 Å². The van der Waals surface area contributed by atoms with Gasteiger partial charge in [-0.25, -0.2) is 0 Å². The molecule has 0 saturated carbocycles. The number of hydrogen-bond acceptors (Lipinski definition) is 3. The van der Waals surface area contributed by atoms with Crippen LogP contribution in [0.4, 0.5) is 13.2 Å². The highest BCUT2D eigenvalue weighted by molar-refractivity contribution is 5.83. The monoisotopic (exact) mass is 419 g/mol. The van der Waals surface area contributed by atoms with Gasteiger partial charge in [0.1, 0.15) is 0 Å². The molecule has 5 nitrogen and oxygen atoms in total. The Kier molecular flexibility index (Phi) is 6.74. The lowest BCUT2D eigenvalue weighted by Gasteiger charge is -2.32. The minimum Gasteiger partial charge on any atom is -0.347 e. The summed E-state index contributed by atoms with van der Waals surface area (Å²) >= 11 is 0. The second kappa shape index (κ2) is 9.28. The maximum absolute atomic E-state index is 12.7. The molecule has 0 bridgehead atoms. The molecule has 2 aromatic rings. The summed E-state index contributed by atoms with van der Waals surface area (Å²) < 4.78 is 38.2. The van der Waals surface area contributed by atoms with Crippen LogP contribution in [-0.2, 0) is 22.2 Å². The number of amides is 2. The molecule has 1 aliphatic rings. The summed E-state index contributed by atoms with van der Waals surface area (Å²) in [5.74, 6) is -0.266. The predicted octanol–water partition coefficient (Wildman–Crippen LogP) is 3.53. The molecular formula is C22H24F3N3O2. The van der Waals surface area contributed by atoms with E-state index in [4.69, 9.17) is 4.98 Å². The van der Waals surface area contributed by atoms with Crippen molar-refractivity contribution in [1.82, 2.24) is 15.2 Å². The molecule has 3 rings (SSSR count). The van der Waals surface area contributed by atoms with Crippen LogP contribution in [0.5, 0.6) is 0 Å². The Labute approximate surface area is 173 Å². The maximum Gasteiger partial charge on any atom is 0.416 e. The summed E-state index contributed by atoms with van der Waals surface area (Å²) in [6, 6.07) is 10.8.